The minimum absolute atomic E-state index is 0.275. The Morgan fingerprint density at radius 1 is 1.11 bits per heavy atom. The van der Waals surface area contributed by atoms with Crippen LogP contribution in [0, 0.1) is 0 Å². The van der Waals surface area contributed by atoms with Crippen LogP contribution in [0.25, 0.3) is 0 Å². The van der Waals surface area contributed by atoms with Crippen LogP contribution < -0.4 is 16.4 Å². The predicted octanol–water partition coefficient (Wildman–Crippen LogP) is 0.756. The number of ether oxygens (including phenoxy) is 1. The fourth-order valence-electron chi connectivity index (χ4n) is 1.23. The molecule has 6 heteroatoms. The van der Waals surface area contributed by atoms with E-state index in [1.807, 2.05) is 20.8 Å². The molecule has 0 fully saturated rings. The molecule has 0 aromatic heterocycles. The van der Waals surface area contributed by atoms with Crippen LogP contribution in [-0.2, 0) is 9.53 Å². The van der Waals surface area contributed by atoms with Crippen molar-refractivity contribution >= 4 is 12.0 Å². The van der Waals surface area contributed by atoms with Gasteiger partial charge in [0.2, 0.25) is 5.91 Å². The number of nitrogens with one attached hydrogen (secondary N) is 2. The van der Waals surface area contributed by atoms with Gasteiger partial charge in [-0.1, -0.05) is 0 Å². The van der Waals surface area contributed by atoms with Crippen molar-refractivity contribution in [3.8, 4) is 0 Å². The normalized spacial score (nSPS) is 11.1. The van der Waals surface area contributed by atoms with Crippen molar-refractivity contribution < 1.29 is 14.3 Å². The Morgan fingerprint density at radius 2 is 1.72 bits per heavy atom. The van der Waals surface area contributed by atoms with Crippen LogP contribution in [0.3, 0.4) is 0 Å². The maximum Gasteiger partial charge on any atom is 0.407 e. The molecule has 0 heterocycles. The van der Waals surface area contributed by atoms with E-state index in [1.54, 1.807) is 0 Å². The lowest BCUT2D eigenvalue weighted by Crippen LogP contribution is -2.34. The standard InChI is InChI=1S/C12H25N3O3/c1-12(2,3)18-11(17)15-9-5-8-14-7-4-6-10(13)16/h14H,4-9H2,1-3H3,(H2,13,16)(H,15,17). The van der Waals surface area contributed by atoms with E-state index in [-0.39, 0.29) is 5.91 Å². The molecule has 0 aromatic carbocycles. The van der Waals surface area contributed by atoms with Crippen molar-refractivity contribution in [1.29, 1.82) is 0 Å². The summed E-state index contributed by atoms with van der Waals surface area (Å²) in [6.45, 7) is 7.59. The zero-order valence-corrected chi connectivity index (χ0v) is 11.5. The number of nitrogens with two attached hydrogens (primary N) is 1. The van der Waals surface area contributed by atoms with Crippen molar-refractivity contribution in [3.63, 3.8) is 0 Å². The Kier molecular flexibility index (Phi) is 8.11. The van der Waals surface area contributed by atoms with E-state index in [9.17, 15) is 9.59 Å². The van der Waals surface area contributed by atoms with E-state index in [4.69, 9.17) is 10.5 Å². The van der Waals surface area contributed by atoms with Crippen LogP contribution in [0.4, 0.5) is 4.79 Å². The second-order valence-electron chi connectivity index (χ2n) is 5.10. The second kappa shape index (κ2) is 8.74. The van der Waals surface area contributed by atoms with Crippen molar-refractivity contribution in [3.05, 3.63) is 0 Å². The van der Waals surface area contributed by atoms with Gasteiger partial charge in [0.1, 0.15) is 5.60 Å². The smallest absolute Gasteiger partial charge is 0.407 e. The highest BCUT2D eigenvalue weighted by Gasteiger charge is 2.15. The van der Waals surface area contributed by atoms with Gasteiger partial charge < -0.3 is 21.1 Å². The third-order valence-corrected chi connectivity index (χ3v) is 1.98. The van der Waals surface area contributed by atoms with E-state index in [0.29, 0.717) is 13.0 Å². The fourth-order valence-corrected chi connectivity index (χ4v) is 1.23. The van der Waals surface area contributed by atoms with Gasteiger partial charge in [0.05, 0.1) is 0 Å². The van der Waals surface area contributed by atoms with Crippen molar-refractivity contribution in [2.75, 3.05) is 19.6 Å². The first-order valence-electron chi connectivity index (χ1n) is 6.27. The molecule has 2 amide bonds. The van der Waals surface area contributed by atoms with E-state index >= 15 is 0 Å². The summed E-state index contributed by atoms with van der Waals surface area (Å²) in [6, 6.07) is 0. The maximum absolute atomic E-state index is 11.3. The molecule has 18 heavy (non-hydrogen) atoms. The molecule has 4 N–H and O–H groups in total. The van der Waals surface area contributed by atoms with E-state index in [0.717, 1.165) is 25.9 Å². The highest BCUT2D eigenvalue weighted by atomic mass is 16.6. The zero-order chi connectivity index (χ0) is 14.0. The summed E-state index contributed by atoms with van der Waals surface area (Å²) in [4.78, 5) is 21.7. The molecule has 6 nitrogen and oxygen atoms in total. The minimum atomic E-state index is -0.461. The van der Waals surface area contributed by atoms with Gasteiger partial charge in [0, 0.05) is 13.0 Å². The molecule has 0 aliphatic carbocycles. The van der Waals surface area contributed by atoms with Gasteiger partial charge in [-0.25, -0.2) is 4.79 Å². The quantitative estimate of drug-likeness (QED) is 0.561. The molecule has 0 saturated heterocycles. The van der Waals surface area contributed by atoms with Crippen molar-refractivity contribution in [2.45, 2.75) is 45.6 Å². The Bertz CT molecular complexity index is 262. The second-order valence-corrected chi connectivity index (χ2v) is 5.10. The van der Waals surface area contributed by atoms with Gasteiger partial charge in [-0.3, -0.25) is 4.79 Å². The van der Waals surface area contributed by atoms with Gasteiger partial charge in [-0.2, -0.15) is 0 Å². The molecule has 0 atom stereocenters. The summed E-state index contributed by atoms with van der Waals surface area (Å²) in [5, 5.41) is 5.84. The number of hydrogen-bond acceptors (Lipinski definition) is 4. The number of carbonyl (C=O) groups excluding carboxylic acids is 2. The molecule has 0 bridgehead atoms. The Morgan fingerprint density at radius 3 is 2.28 bits per heavy atom. The number of amides is 2. The monoisotopic (exact) mass is 259 g/mol. The summed E-state index contributed by atoms with van der Waals surface area (Å²) < 4.78 is 5.09. The average molecular weight is 259 g/mol. The molecule has 0 aliphatic rings. The van der Waals surface area contributed by atoms with E-state index in [2.05, 4.69) is 10.6 Å². The molecule has 0 saturated carbocycles. The number of hydrogen-bond donors (Lipinski definition) is 3. The van der Waals surface area contributed by atoms with Gasteiger partial charge >= 0.3 is 6.09 Å². The summed E-state index contributed by atoms with van der Waals surface area (Å²) in [5.74, 6) is -0.275. The van der Waals surface area contributed by atoms with Crippen LogP contribution in [-0.4, -0.2) is 37.2 Å². The maximum atomic E-state index is 11.3. The SMILES string of the molecule is CC(C)(C)OC(=O)NCCCNCCCC(N)=O. The molecule has 0 rings (SSSR count). The number of primary amides is 1. The molecular formula is C12H25N3O3. The van der Waals surface area contributed by atoms with Crippen LogP contribution in [0.5, 0.6) is 0 Å². The highest BCUT2D eigenvalue weighted by Crippen LogP contribution is 2.06. The van der Waals surface area contributed by atoms with Gasteiger partial charge in [0.15, 0.2) is 0 Å². The molecular weight excluding hydrogens is 234 g/mol. The van der Waals surface area contributed by atoms with Gasteiger partial charge in [-0.15, -0.1) is 0 Å². The predicted molar refractivity (Wildman–Crippen MR) is 70.2 cm³/mol. The van der Waals surface area contributed by atoms with Crippen LogP contribution in [0.1, 0.15) is 40.0 Å². The molecule has 0 aliphatic heterocycles. The minimum Gasteiger partial charge on any atom is -0.444 e. The van der Waals surface area contributed by atoms with Crippen molar-refractivity contribution in [2.24, 2.45) is 5.73 Å². The lowest BCUT2D eigenvalue weighted by Gasteiger charge is -2.19. The van der Waals surface area contributed by atoms with E-state index in [1.165, 1.54) is 0 Å². The molecule has 106 valence electrons. The summed E-state index contributed by atoms with van der Waals surface area (Å²) in [7, 11) is 0. The summed E-state index contributed by atoms with van der Waals surface area (Å²) in [5.41, 5.74) is 4.55. The summed E-state index contributed by atoms with van der Waals surface area (Å²) >= 11 is 0. The highest BCUT2D eigenvalue weighted by molar-refractivity contribution is 5.73. The molecule has 0 unspecified atom stereocenters. The first-order valence-corrected chi connectivity index (χ1v) is 6.27. The topological polar surface area (TPSA) is 93.4 Å². The molecule has 0 spiro atoms. The van der Waals surface area contributed by atoms with Crippen LogP contribution in [0.15, 0.2) is 0 Å². The largest absolute Gasteiger partial charge is 0.444 e. The van der Waals surface area contributed by atoms with Gasteiger partial charge in [-0.05, 0) is 46.7 Å². The third-order valence-electron chi connectivity index (χ3n) is 1.98. The lowest BCUT2D eigenvalue weighted by molar-refractivity contribution is -0.118. The number of carbonyl (C=O) groups is 2. The Balaban J connectivity index is 3.30. The van der Waals surface area contributed by atoms with Crippen molar-refractivity contribution in [1.82, 2.24) is 10.6 Å². The fraction of sp³-hybridized carbons (Fsp3) is 0.833. The molecule has 0 radical (unpaired) electrons. The number of rotatable bonds is 8. The average Bonchev–Trinajstić information content (AvgIpc) is 2.18. The number of alkyl carbamates (subject to hydrolysis) is 1. The molecule has 0 aromatic rings. The Labute approximate surface area is 109 Å². The Hall–Kier alpha value is -1.30. The summed E-state index contributed by atoms with van der Waals surface area (Å²) in [6.07, 6.45) is 1.57. The first-order chi connectivity index (χ1) is 8.31. The third kappa shape index (κ3) is 12.8. The zero-order valence-electron chi connectivity index (χ0n) is 11.5. The van der Waals surface area contributed by atoms with Crippen LogP contribution in [0.2, 0.25) is 0 Å². The van der Waals surface area contributed by atoms with E-state index < -0.39 is 11.7 Å². The lowest BCUT2D eigenvalue weighted by atomic mass is 10.2. The van der Waals surface area contributed by atoms with Crippen LogP contribution >= 0.6 is 0 Å². The van der Waals surface area contributed by atoms with Gasteiger partial charge in [0.25, 0.3) is 0 Å². The first kappa shape index (κ1) is 16.7.